The molecule has 0 aliphatic heterocycles. The molecule has 0 aromatic carbocycles. The summed E-state index contributed by atoms with van der Waals surface area (Å²) in [7, 11) is 0. The highest BCUT2D eigenvalue weighted by atomic mass is 16.4. The number of hydrogen-bond donors (Lipinski definition) is 2. The van der Waals surface area contributed by atoms with Gasteiger partial charge in [0.25, 0.3) is 0 Å². The summed E-state index contributed by atoms with van der Waals surface area (Å²) in [6.45, 7) is 4.56. The van der Waals surface area contributed by atoms with Crippen molar-refractivity contribution in [1.82, 2.24) is 4.98 Å². The van der Waals surface area contributed by atoms with E-state index in [9.17, 15) is 9.90 Å². The highest BCUT2D eigenvalue weighted by Gasteiger charge is 2.39. The number of pyridine rings is 1. The van der Waals surface area contributed by atoms with Gasteiger partial charge in [0.1, 0.15) is 5.56 Å². The Morgan fingerprint density at radius 1 is 1.40 bits per heavy atom. The van der Waals surface area contributed by atoms with E-state index in [4.69, 9.17) is 0 Å². The first kappa shape index (κ1) is 13.4. The van der Waals surface area contributed by atoms with Crippen LogP contribution in [-0.2, 0) is 0 Å². The highest BCUT2D eigenvalue weighted by Crippen LogP contribution is 2.48. The topological polar surface area (TPSA) is 62.2 Å². The molecular formula is C16H22N2O2. The highest BCUT2D eigenvalue weighted by molar-refractivity contribution is 5.95. The SMILES string of the molecule is Cc1cc(NCC2CC3CCC2C3)c(C(=O)O)c(C)n1. The maximum absolute atomic E-state index is 11.4. The summed E-state index contributed by atoms with van der Waals surface area (Å²) in [6, 6.07) is 1.85. The summed E-state index contributed by atoms with van der Waals surface area (Å²) in [4.78, 5) is 15.7. The normalized spacial score (nSPS) is 27.8. The first-order valence-electron chi connectivity index (χ1n) is 7.50. The molecule has 3 unspecified atom stereocenters. The molecule has 2 saturated carbocycles. The van der Waals surface area contributed by atoms with Crippen LogP contribution in [0.4, 0.5) is 5.69 Å². The fourth-order valence-electron chi connectivity index (χ4n) is 4.11. The van der Waals surface area contributed by atoms with Crippen LogP contribution in [0.1, 0.15) is 47.4 Å². The summed E-state index contributed by atoms with van der Waals surface area (Å²) in [5.74, 6) is 1.59. The molecular weight excluding hydrogens is 252 g/mol. The molecule has 0 amide bonds. The van der Waals surface area contributed by atoms with Gasteiger partial charge in [0.05, 0.1) is 11.4 Å². The van der Waals surface area contributed by atoms with E-state index >= 15 is 0 Å². The number of carbonyl (C=O) groups is 1. The predicted molar refractivity (Wildman–Crippen MR) is 78.1 cm³/mol. The van der Waals surface area contributed by atoms with E-state index < -0.39 is 5.97 Å². The fourth-order valence-corrected chi connectivity index (χ4v) is 4.11. The third kappa shape index (κ3) is 2.39. The van der Waals surface area contributed by atoms with Crippen molar-refractivity contribution in [3.63, 3.8) is 0 Å². The van der Waals surface area contributed by atoms with Crippen LogP contribution in [0.15, 0.2) is 6.07 Å². The number of carboxylic acids is 1. The maximum atomic E-state index is 11.4. The number of aromatic nitrogens is 1. The molecule has 20 heavy (non-hydrogen) atoms. The molecule has 4 heteroatoms. The summed E-state index contributed by atoms with van der Waals surface area (Å²) in [5.41, 5.74) is 2.50. The van der Waals surface area contributed by atoms with Crippen molar-refractivity contribution in [2.75, 3.05) is 11.9 Å². The van der Waals surface area contributed by atoms with Gasteiger partial charge in [-0.25, -0.2) is 4.79 Å². The molecule has 1 aromatic rings. The lowest BCUT2D eigenvalue weighted by atomic mass is 9.89. The Bertz CT molecular complexity index is 542. The molecule has 0 saturated heterocycles. The molecule has 2 bridgehead atoms. The molecule has 1 aromatic heterocycles. The Hall–Kier alpha value is -1.58. The Balaban J connectivity index is 1.75. The predicted octanol–water partition coefficient (Wildman–Crippen LogP) is 3.24. The Morgan fingerprint density at radius 3 is 2.80 bits per heavy atom. The molecule has 2 N–H and O–H groups in total. The van der Waals surface area contributed by atoms with E-state index in [0.29, 0.717) is 17.2 Å². The zero-order chi connectivity index (χ0) is 14.3. The van der Waals surface area contributed by atoms with E-state index in [-0.39, 0.29) is 0 Å². The second kappa shape index (κ2) is 5.08. The van der Waals surface area contributed by atoms with Gasteiger partial charge in [-0.1, -0.05) is 6.42 Å². The zero-order valence-corrected chi connectivity index (χ0v) is 12.1. The lowest BCUT2D eigenvalue weighted by Crippen LogP contribution is -2.21. The zero-order valence-electron chi connectivity index (χ0n) is 12.1. The summed E-state index contributed by atoms with van der Waals surface area (Å²) in [5, 5.41) is 12.7. The Kier molecular flexibility index (Phi) is 3.40. The first-order valence-corrected chi connectivity index (χ1v) is 7.50. The number of anilines is 1. The molecule has 0 spiro atoms. The molecule has 3 atom stereocenters. The lowest BCUT2D eigenvalue weighted by Gasteiger charge is -2.23. The third-order valence-corrected chi connectivity index (χ3v) is 4.98. The summed E-state index contributed by atoms with van der Waals surface area (Å²) < 4.78 is 0. The van der Waals surface area contributed by atoms with Gasteiger partial charge in [-0.3, -0.25) is 4.98 Å². The number of aryl methyl sites for hydroxylation is 2. The summed E-state index contributed by atoms with van der Waals surface area (Å²) in [6.07, 6.45) is 5.45. The molecule has 2 aliphatic rings. The van der Waals surface area contributed by atoms with E-state index in [1.54, 1.807) is 6.92 Å². The monoisotopic (exact) mass is 274 g/mol. The van der Waals surface area contributed by atoms with Gasteiger partial charge in [-0.2, -0.15) is 0 Å². The van der Waals surface area contributed by atoms with Gasteiger partial charge in [-0.05, 0) is 56.9 Å². The minimum absolute atomic E-state index is 0.318. The number of carboxylic acid groups (broad SMARTS) is 1. The lowest BCUT2D eigenvalue weighted by molar-refractivity contribution is 0.0696. The smallest absolute Gasteiger partial charge is 0.339 e. The number of hydrogen-bond acceptors (Lipinski definition) is 3. The van der Waals surface area contributed by atoms with Crippen LogP contribution in [0, 0.1) is 31.6 Å². The minimum Gasteiger partial charge on any atom is -0.478 e. The standard InChI is InChI=1S/C16H22N2O2/c1-9-5-14(15(16(19)20)10(2)18-9)17-8-13-7-11-3-4-12(13)6-11/h5,11-13H,3-4,6-8H2,1-2H3,(H,17,18)(H,19,20). The molecule has 108 valence electrons. The van der Waals surface area contributed by atoms with Crippen LogP contribution in [0.25, 0.3) is 0 Å². The number of nitrogens with one attached hydrogen (secondary N) is 1. The van der Waals surface area contributed by atoms with Crippen LogP contribution < -0.4 is 5.32 Å². The average Bonchev–Trinajstić information content (AvgIpc) is 2.96. The number of nitrogens with zero attached hydrogens (tertiary/aromatic N) is 1. The van der Waals surface area contributed by atoms with Gasteiger partial charge < -0.3 is 10.4 Å². The number of fused-ring (bicyclic) bond motifs is 2. The van der Waals surface area contributed by atoms with Gasteiger partial charge in [0.15, 0.2) is 0 Å². The van der Waals surface area contributed by atoms with Crippen molar-refractivity contribution in [3.8, 4) is 0 Å². The van der Waals surface area contributed by atoms with Crippen LogP contribution in [0.3, 0.4) is 0 Å². The van der Waals surface area contributed by atoms with E-state index in [2.05, 4.69) is 10.3 Å². The van der Waals surface area contributed by atoms with Crippen molar-refractivity contribution in [2.45, 2.75) is 39.5 Å². The van der Waals surface area contributed by atoms with E-state index in [1.165, 1.54) is 25.7 Å². The van der Waals surface area contributed by atoms with Gasteiger partial charge in [0, 0.05) is 12.2 Å². The van der Waals surface area contributed by atoms with E-state index in [0.717, 1.165) is 29.8 Å². The van der Waals surface area contributed by atoms with Crippen LogP contribution in [0.5, 0.6) is 0 Å². The summed E-state index contributed by atoms with van der Waals surface area (Å²) >= 11 is 0. The van der Waals surface area contributed by atoms with Gasteiger partial charge in [0.2, 0.25) is 0 Å². The quantitative estimate of drug-likeness (QED) is 0.884. The first-order chi connectivity index (χ1) is 9.54. The van der Waals surface area contributed by atoms with Crippen molar-refractivity contribution >= 4 is 11.7 Å². The second-order valence-electron chi connectivity index (χ2n) is 6.39. The maximum Gasteiger partial charge on any atom is 0.339 e. The van der Waals surface area contributed by atoms with Crippen molar-refractivity contribution < 1.29 is 9.90 Å². The molecule has 3 rings (SSSR count). The Labute approximate surface area is 119 Å². The van der Waals surface area contributed by atoms with Crippen molar-refractivity contribution in [2.24, 2.45) is 17.8 Å². The third-order valence-electron chi connectivity index (χ3n) is 4.98. The molecule has 1 heterocycles. The van der Waals surface area contributed by atoms with E-state index in [1.807, 2.05) is 13.0 Å². The molecule has 2 fully saturated rings. The molecule has 2 aliphatic carbocycles. The van der Waals surface area contributed by atoms with Gasteiger partial charge >= 0.3 is 5.97 Å². The van der Waals surface area contributed by atoms with Crippen LogP contribution in [0.2, 0.25) is 0 Å². The minimum atomic E-state index is -0.898. The van der Waals surface area contributed by atoms with Crippen molar-refractivity contribution in [1.29, 1.82) is 0 Å². The number of rotatable bonds is 4. The van der Waals surface area contributed by atoms with Gasteiger partial charge in [-0.15, -0.1) is 0 Å². The molecule has 4 nitrogen and oxygen atoms in total. The Morgan fingerprint density at radius 2 is 2.20 bits per heavy atom. The van der Waals surface area contributed by atoms with Crippen LogP contribution >= 0.6 is 0 Å². The fraction of sp³-hybridized carbons (Fsp3) is 0.625. The van der Waals surface area contributed by atoms with Crippen LogP contribution in [-0.4, -0.2) is 22.6 Å². The second-order valence-corrected chi connectivity index (χ2v) is 6.39. The number of aromatic carboxylic acids is 1. The van der Waals surface area contributed by atoms with Crippen molar-refractivity contribution in [3.05, 3.63) is 23.0 Å². The molecule has 0 radical (unpaired) electrons. The largest absolute Gasteiger partial charge is 0.478 e. The average molecular weight is 274 g/mol.